The molecule has 2 aromatic heterocycles. The quantitative estimate of drug-likeness (QED) is 0.391. The highest BCUT2D eigenvalue weighted by molar-refractivity contribution is 7.92. The molecular weight excluding hydrogens is 476 g/mol. The van der Waals surface area contributed by atoms with Crippen LogP contribution < -0.4 is 19.7 Å². The molecule has 1 aliphatic heterocycles. The Balaban J connectivity index is 1.49. The lowest BCUT2D eigenvalue weighted by molar-refractivity contribution is 0.413. The fourth-order valence-corrected chi connectivity index (χ4v) is 5.16. The monoisotopic (exact) mass is 506 g/mol. The Bertz CT molecular complexity index is 1490. The van der Waals surface area contributed by atoms with Crippen molar-refractivity contribution in [3.05, 3.63) is 66.4 Å². The maximum Gasteiger partial charge on any atom is 0.245 e. The van der Waals surface area contributed by atoms with Crippen LogP contribution in [0.1, 0.15) is 24.3 Å². The van der Waals surface area contributed by atoms with Crippen LogP contribution in [0.15, 0.2) is 60.8 Å². The average Bonchev–Trinajstić information content (AvgIpc) is 3.31. The van der Waals surface area contributed by atoms with E-state index < -0.39 is 10.0 Å². The second-order valence-electron chi connectivity index (χ2n) is 8.99. The predicted octanol–water partition coefficient (Wildman–Crippen LogP) is 4.01. The molecule has 1 fully saturated rings. The molecule has 0 saturated carbocycles. The molecule has 2 aromatic carbocycles. The first-order valence-corrected chi connectivity index (χ1v) is 13.7. The van der Waals surface area contributed by atoms with Gasteiger partial charge in [0.05, 0.1) is 42.1 Å². The molecule has 0 radical (unpaired) electrons. The number of nitrogens with one attached hydrogen (secondary N) is 2. The number of ether oxygens (including phenoxy) is 1. The lowest BCUT2D eigenvalue weighted by atomic mass is 9.90. The highest BCUT2D eigenvalue weighted by atomic mass is 32.2. The highest BCUT2D eigenvalue weighted by Gasteiger charge is 2.20. The van der Waals surface area contributed by atoms with Gasteiger partial charge in [-0.2, -0.15) is 0 Å². The molecule has 1 aliphatic rings. The van der Waals surface area contributed by atoms with E-state index in [-0.39, 0.29) is 0 Å². The van der Waals surface area contributed by atoms with Crippen molar-refractivity contribution in [1.29, 1.82) is 0 Å². The minimum Gasteiger partial charge on any atom is -0.495 e. The Morgan fingerprint density at radius 1 is 1.11 bits per heavy atom. The van der Waals surface area contributed by atoms with Crippen molar-refractivity contribution in [3.8, 4) is 17.0 Å². The van der Waals surface area contributed by atoms with Crippen molar-refractivity contribution in [2.75, 3.05) is 43.1 Å². The Morgan fingerprint density at radius 2 is 1.89 bits per heavy atom. The van der Waals surface area contributed by atoms with Crippen molar-refractivity contribution in [1.82, 2.24) is 19.9 Å². The zero-order valence-corrected chi connectivity index (χ0v) is 21.4. The van der Waals surface area contributed by atoms with Gasteiger partial charge in [0.15, 0.2) is 0 Å². The van der Waals surface area contributed by atoms with Gasteiger partial charge in [-0.3, -0.25) is 4.31 Å². The average molecular weight is 507 g/mol. The van der Waals surface area contributed by atoms with Crippen LogP contribution in [0.3, 0.4) is 0 Å². The number of rotatable bonds is 7. The van der Waals surface area contributed by atoms with Crippen LogP contribution in [0.2, 0.25) is 0 Å². The van der Waals surface area contributed by atoms with Crippen LogP contribution in [0.5, 0.6) is 5.75 Å². The topological polar surface area (TPSA) is 101 Å². The number of methoxy groups -OCH3 is 1. The molecule has 0 aliphatic carbocycles. The molecule has 1 saturated heterocycles. The van der Waals surface area contributed by atoms with Crippen LogP contribution >= 0.6 is 0 Å². The number of sulfonamides is 1. The zero-order valence-electron chi connectivity index (χ0n) is 20.6. The van der Waals surface area contributed by atoms with Crippen LogP contribution in [-0.4, -0.2) is 56.5 Å². The van der Waals surface area contributed by atoms with Gasteiger partial charge in [-0.15, -0.1) is 5.10 Å². The number of anilines is 3. The summed E-state index contributed by atoms with van der Waals surface area (Å²) in [5.74, 6) is 1.67. The van der Waals surface area contributed by atoms with E-state index in [1.54, 1.807) is 30.9 Å². The van der Waals surface area contributed by atoms with Crippen molar-refractivity contribution >= 4 is 32.9 Å². The fourth-order valence-electron chi connectivity index (χ4n) is 4.65. The summed E-state index contributed by atoms with van der Waals surface area (Å²) < 4.78 is 33.2. The number of piperidine rings is 1. The Hall–Kier alpha value is -3.63. The van der Waals surface area contributed by atoms with Crippen LogP contribution in [0.25, 0.3) is 16.8 Å². The Morgan fingerprint density at radius 3 is 2.64 bits per heavy atom. The van der Waals surface area contributed by atoms with Crippen molar-refractivity contribution in [2.45, 2.75) is 18.8 Å². The molecule has 0 unspecified atom stereocenters. The molecule has 0 amide bonds. The summed E-state index contributed by atoms with van der Waals surface area (Å²) in [7, 11) is -0.220. The molecule has 9 nitrogen and oxygen atoms in total. The first-order valence-electron chi connectivity index (χ1n) is 11.9. The number of benzene rings is 2. The summed E-state index contributed by atoms with van der Waals surface area (Å²) in [6, 6.07) is 17.4. The van der Waals surface area contributed by atoms with Gasteiger partial charge in [-0.05, 0) is 67.7 Å². The van der Waals surface area contributed by atoms with Gasteiger partial charge in [0.2, 0.25) is 16.0 Å². The first kappa shape index (κ1) is 24.1. The molecule has 10 heteroatoms. The highest BCUT2D eigenvalue weighted by Crippen LogP contribution is 2.35. The van der Waals surface area contributed by atoms with Crippen molar-refractivity contribution in [3.63, 3.8) is 0 Å². The third-order valence-electron chi connectivity index (χ3n) is 6.70. The third-order valence-corrected chi connectivity index (χ3v) is 7.89. The van der Waals surface area contributed by atoms with Gasteiger partial charge in [0.1, 0.15) is 5.75 Å². The van der Waals surface area contributed by atoms with E-state index in [4.69, 9.17) is 9.84 Å². The molecule has 3 heterocycles. The van der Waals surface area contributed by atoms with E-state index in [0.29, 0.717) is 17.6 Å². The molecule has 4 aromatic rings. The lowest BCUT2D eigenvalue weighted by Crippen LogP contribution is -2.26. The molecule has 188 valence electrons. The number of hydrogen-bond donors (Lipinski definition) is 2. The molecule has 2 N–H and O–H groups in total. The molecule has 0 bridgehead atoms. The van der Waals surface area contributed by atoms with E-state index in [1.807, 2.05) is 36.4 Å². The number of nitrogens with zero attached hydrogens (tertiary/aromatic N) is 4. The number of aromatic nitrogens is 3. The summed E-state index contributed by atoms with van der Waals surface area (Å²) in [5, 5.41) is 11.4. The summed E-state index contributed by atoms with van der Waals surface area (Å²) >= 11 is 0. The zero-order chi connectivity index (χ0) is 25.3. The second kappa shape index (κ2) is 9.79. The maximum absolute atomic E-state index is 12.2. The summed E-state index contributed by atoms with van der Waals surface area (Å²) in [6.07, 6.45) is 5.15. The molecule has 0 atom stereocenters. The Kier molecular flexibility index (Phi) is 6.55. The minimum absolute atomic E-state index is 0.404. The van der Waals surface area contributed by atoms with Gasteiger partial charge < -0.3 is 15.4 Å². The summed E-state index contributed by atoms with van der Waals surface area (Å²) in [6.45, 7) is 2.06. The normalized spacial score (nSPS) is 14.6. The third kappa shape index (κ3) is 4.74. The van der Waals surface area contributed by atoms with Crippen molar-refractivity contribution in [2.24, 2.45) is 0 Å². The van der Waals surface area contributed by atoms with E-state index >= 15 is 0 Å². The van der Waals surface area contributed by atoms with Crippen LogP contribution in [-0.2, 0) is 10.0 Å². The standard InChI is InChI=1S/C26H30N6O3S/c1-31(36(3,33)34)23-7-5-4-6-21(23)24-11-9-20-17-28-26(30-32(20)24)29-22-10-8-19(16-25(22)35-2)18-12-14-27-15-13-18/h4-11,16-18,27H,12-15H2,1-3H3,(H,29,30). The molecule has 5 rings (SSSR count). The minimum atomic E-state index is -3.43. The SMILES string of the molecule is COc1cc(C2CCNCC2)ccc1Nc1ncc2ccc(-c3ccccc3N(C)S(C)(=O)=O)n2n1. The largest absolute Gasteiger partial charge is 0.495 e. The van der Waals surface area contributed by atoms with Gasteiger partial charge in [-0.25, -0.2) is 17.9 Å². The van der Waals surface area contributed by atoms with Crippen LogP contribution in [0, 0.1) is 0 Å². The summed E-state index contributed by atoms with van der Waals surface area (Å²) in [4.78, 5) is 4.48. The molecular formula is C26H30N6O3S. The number of hydrogen-bond acceptors (Lipinski definition) is 7. The second-order valence-corrected chi connectivity index (χ2v) is 11.0. The summed E-state index contributed by atoms with van der Waals surface area (Å²) in [5.41, 5.74) is 4.92. The molecule has 0 spiro atoms. The van der Waals surface area contributed by atoms with E-state index in [2.05, 4.69) is 27.8 Å². The number of fused-ring (bicyclic) bond motifs is 1. The predicted molar refractivity (Wildman–Crippen MR) is 143 cm³/mol. The van der Waals surface area contributed by atoms with Crippen molar-refractivity contribution < 1.29 is 13.2 Å². The maximum atomic E-state index is 12.2. The van der Waals surface area contributed by atoms with Gasteiger partial charge >= 0.3 is 0 Å². The van der Waals surface area contributed by atoms with E-state index in [9.17, 15) is 8.42 Å². The van der Waals surface area contributed by atoms with Gasteiger partial charge in [0.25, 0.3) is 0 Å². The number of para-hydroxylation sites is 1. The van der Waals surface area contributed by atoms with Crippen LogP contribution in [0.4, 0.5) is 17.3 Å². The molecule has 36 heavy (non-hydrogen) atoms. The van der Waals surface area contributed by atoms with E-state index in [0.717, 1.165) is 54.1 Å². The first-order chi connectivity index (χ1) is 17.3. The lowest BCUT2D eigenvalue weighted by Gasteiger charge is -2.24. The fraction of sp³-hybridized carbons (Fsp3) is 0.308. The smallest absolute Gasteiger partial charge is 0.245 e. The van der Waals surface area contributed by atoms with E-state index in [1.165, 1.54) is 16.1 Å². The Labute approximate surface area is 211 Å². The van der Waals surface area contributed by atoms with Gasteiger partial charge in [0, 0.05) is 12.6 Å². The van der Waals surface area contributed by atoms with Gasteiger partial charge in [-0.1, -0.05) is 24.3 Å².